The molecule has 0 spiro atoms. The van der Waals surface area contributed by atoms with E-state index < -0.39 is 24.6 Å². The highest BCUT2D eigenvalue weighted by Gasteiger charge is 2.71. The summed E-state index contributed by atoms with van der Waals surface area (Å²) in [5.41, 5.74) is -0.0930. The summed E-state index contributed by atoms with van der Waals surface area (Å²) in [6.07, 6.45) is 0.868. The number of carbonyl (C=O) groups excluding carboxylic acids is 3. The van der Waals surface area contributed by atoms with Crippen LogP contribution in [0.4, 0.5) is 0 Å². The van der Waals surface area contributed by atoms with Crippen LogP contribution in [0.3, 0.4) is 0 Å². The van der Waals surface area contributed by atoms with Crippen molar-refractivity contribution < 1.29 is 28.6 Å². The third kappa shape index (κ3) is 1.96. The molecule has 21 heavy (non-hydrogen) atoms. The molecule has 0 N–H and O–H groups in total. The van der Waals surface area contributed by atoms with E-state index >= 15 is 0 Å². The zero-order valence-corrected chi connectivity index (χ0v) is 12.0. The molecule has 114 valence electrons. The van der Waals surface area contributed by atoms with Gasteiger partial charge in [0.2, 0.25) is 0 Å². The molecule has 1 heterocycles. The van der Waals surface area contributed by atoms with E-state index in [1.54, 1.807) is 0 Å². The Balaban J connectivity index is 1.67. The molecule has 0 amide bonds. The van der Waals surface area contributed by atoms with Crippen molar-refractivity contribution in [2.75, 3.05) is 6.61 Å². The first kappa shape index (κ1) is 14.1. The standard InChI is InChI=1S/C15H18O6/c1-4-9(16)19-6-10(17)20-12-8-5-7-11(15(8,2)3)13(12)21-14(7)18/h4,7-8,11-13H,1,5-6H2,2-3H3. The molecule has 2 aliphatic carbocycles. The van der Waals surface area contributed by atoms with Gasteiger partial charge in [0.25, 0.3) is 0 Å². The Morgan fingerprint density at radius 3 is 2.86 bits per heavy atom. The van der Waals surface area contributed by atoms with Gasteiger partial charge in [-0.2, -0.15) is 0 Å². The minimum Gasteiger partial charge on any atom is -0.458 e. The van der Waals surface area contributed by atoms with Crippen molar-refractivity contribution in [1.82, 2.24) is 0 Å². The van der Waals surface area contributed by atoms with Crippen LogP contribution in [-0.2, 0) is 28.6 Å². The van der Waals surface area contributed by atoms with Gasteiger partial charge in [-0.3, -0.25) is 4.79 Å². The largest absolute Gasteiger partial charge is 0.458 e. The molecule has 3 rings (SSSR count). The van der Waals surface area contributed by atoms with Crippen molar-refractivity contribution in [3.05, 3.63) is 12.7 Å². The van der Waals surface area contributed by atoms with Gasteiger partial charge < -0.3 is 14.2 Å². The van der Waals surface area contributed by atoms with E-state index in [9.17, 15) is 14.4 Å². The Kier molecular flexibility index (Phi) is 3.07. The van der Waals surface area contributed by atoms with E-state index in [0.29, 0.717) is 6.42 Å². The maximum atomic E-state index is 11.8. The molecule has 5 unspecified atom stereocenters. The molecular formula is C15H18O6. The minimum atomic E-state index is -0.674. The zero-order chi connectivity index (χ0) is 15.4. The molecule has 2 bridgehead atoms. The van der Waals surface area contributed by atoms with Crippen molar-refractivity contribution in [1.29, 1.82) is 0 Å². The van der Waals surface area contributed by atoms with Crippen LogP contribution >= 0.6 is 0 Å². The van der Waals surface area contributed by atoms with Gasteiger partial charge in [-0.25, -0.2) is 9.59 Å². The number of rotatable bonds is 4. The highest BCUT2D eigenvalue weighted by Crippen LogP contribution is 2.65. The summed E-state index contributed by atoms with van der Waals surface area (Å²) in [6.45, 7) is 6.96. The molecule has 1 aliphatic heterocycles. The van der Waals surface area contributed by atoms with Gasteiger partial charge in [0.15, 0.2) is 6.61 Å². The number of hydrogen-bond donors (Lipinski definition) is 0. The fourth-order valence-corrected chi connectivity index (χ4v) is 4.26. The Hall–Kier alpha value is -1.85. The Morgan fingerprint density at radius 2 is 2.19 bits per heavy atom. The van der Waals surface area contributed by atoms with E-state index in [4.69, 9.17) is 9.47 Å². The normalized spacial score (nSPS) is 38.0. The Bertz CT molecular complexity index is 522. The summed E-state index contributed by atoms with van der Waals surface area (Å²) in [6, 6.07) is 0. The third-order valence-electron chi connectivity index (χ3n) is 5.15. The first-order chi connectivity index (χ1) is 9.86. The molecular weight excluding hydrogens is 276 g/mol. The van der Waals surface area contributed by atoms with Gasteiger partial charge >= 0.3 is 17.9 Å². The van der Waals surface area contributed by atoms with Crippen LogP contribution in [0.5, 0.6) is 0 Å². The summed E-state index contributed by atoms with van der Waals surface area (Å²) in [5, 5.41) is 0. The topological polar surface area (TPSA) is 78.9 Å². The van der Waals surface area contributed by atoms with Gasteiger partial charge in [-0.15, -0.1) is 0 Å². The Labute approximate surface area is 122 Å². The van der Waals surface area contributed by atoms with E-state index in [1.165, 1.54) is 0 Å². The summed E-state index contributed by atoms with van der Waals surface area (Å²) < 4.78 is 15.5. The molecule has 3 aliphatic rings. The van der Waals surface area contributed by atoms with Crippen molar-refractivity contribution in [2.45, 2.75) is 32.5 Å². The van der Waals surface area contributed by atoms with Gasteiger partial charge in [0.05, 0.1) is 5.92 Å². The second kappa shape index (κ2) is 4.58. The van der Waals surface area contributed by atoms with Crippen LogP contribution in [0.15, 0.2) is 12.7 Å². The second-order valence-electron chi connectivity index (χ2n) is 6.46. The van der Waals surface area contributed by atoms with Crippen LogP contribution in [0.2, 0.25) is 0 Å². The molecule has 1 saturated heterocycles. The highest BCUT2D eigenvalue weighted by atomic mass is 16.6. The second-order valence-corrected chi connectivity index (χ2v) is 6.46. The molecule has 0 aromatic carbocycles. The van der Waals surface area contributed by atoms with Crippen molar-refractivity contribution >= 4 is 17.9 Å². The monoisotopic (exact) mass is 294 g/mol. The maximum absolute atomic E-state index is 11.8. The van der Waals surface area contributed by atoms with Gasteiger partial charge in [0.1, 0.15) is 12.2 Å². The van der Waals surface area contributed by atoms with Crippen molar-refractivity contribution in [3.8, 4) is 0 Å². The third-order valence-corrected chi connectivity index (χ3v) is 5.15. The highest BCUT2D eigenvalue weighted by molar-refractivity contribution is 5.84. The van der Waals surface area contributed by atoms with Crippen LogP contribution < -0.4 is 0 Å². The van der Waals surface area contributed by atoms with Crippen LogP contribution in [-0.4, -0.2) is 36.7 Å². The average molecular weight is 294 g/mol. The predicted molar refractivity (Wildman–Crippen MR) is 69.8 cm³/mol. The number of esters is 3. The molecule has 2 saturated carbocycles. The minimum absolute atomic E-state index is 0.0662. The van der Waals surface area contributed by atoms with E-state index in [1.807, 2.05) is 0 Å². The molecule has 5 atom stereocenters. The molecule has 6 heteroatoms. The zero-order valence-electron chi connectivity index (χ0n) is 12.0. The van der Waals surface area contributed by atoms with Gasteiger partial charge in [-0.05, 0) is 11.8 Å². The molecule has 3 fully saturated rings. The SMILES string of the molecule is C=CC(=O)OCC(=O)OC1C2OC(=O)C3CC1C(C)(C)C32. The first-order valence-corrected chi connectivity index (χ1v) is 7.05. The quantitative estimate of drug-likeness (QED) is 0.434. The molecule has 6 nitrogen and oxygen atoms in total. The number of ether oxygens (including phenoxy) is 3. The lowest BCUT2D eigenvalue weighted by Gasteiger charge is -2.26. The predicted octanol–water partition coefficient (Wildman–Crippen LogP) is 0.845. The molecule has 0 aromatic rings. The maximum Gasteiger partial charge on any atom is 0.344 e. The van der Waals surface area contributed by atoms with E-state index in [0.717, 1.165) is 6.08 Å². The average Bonchev–Trinajstić information content (AvgIpc) is 2.92. The van der Waals surface area contributed by atoms with Crippen LogP contribution in [0, 0.1) is 23.2 Å². The van der Waals surface area contributed by atoms with E-state index in [-0.39, 0.29) is 35.2 Å². The van der Waals surface area contributed by atoms with Crippen LogP contribution in [0.25, 0.3) is 0 Å². The first-order valence-electron chi connectivity index (χ1n) is 7.05. The van der Waals surface area contributed by atoms with Gasteiger partial charge in [-0.1, -0.05) is 20.4 Å². The number of hydrogen-bond acceptors (Lipinski definition) is 6. The number of fused-ring (bicyclic) bond motifs is 1. The summed E-state index contributed by atoms with van der Waals surface area (Å²) >= 11 is 0. The van der Waals surface area contributed by atoms with Crippen molar-refractivity contribution in [2.24, 2.45) is 23.2 Å². The summed E-state index contributed by atoms with van der Waals surface area (Å²) in [7, 11) is 0. The number of carbonyl (C=O) groups is 3. The van der Waals surface area contributed by atoms with Crippen molar-refractivity contribution in [3.63, 3.8) is 0 Å². The lowest BCUT2D eigenvalue weighted by molar-refractivity contribution is -0.168. The lowest BCUT2D eigenvalue weighted by Crippen LogP contribution is -2.37. The lowest BCUT2D eigenvalue weighted by atomic mass is 9.80. The summed E-state index contributed by atoms with van der Waals surface area (Å²) in [5.74, 6) is -1.35. The smallest absolute Gasteiger partial charge is 0.344 e. The van der Waals surface area contributed by atoms with Gasteiger partial charge in [0, 0.05) is 17.9 Å². The summed E-state index contributed by atoms with van der Waals surface area (Å²) in [4.78, 5) is 34.5. The fraction of sp³-hybridized carbons (Fsp3) is 0.667. The fourth-order valence-electron chi connectivity index (χ4n) is 4.26. The van der Waals surface area contributed by atoms with Crippen LogP contribution in [0.1, 0.15) is 20.3 Å². The molecule has 0 radical (unpaired) electrons. The van der Waals surface area contributed by atoms with E-state index in [2.05, 4.69) is 25.2 Å². The molecule has 0 aromatic heterocycles. The Morgan fingerprint density at radius 1 is 1.48 bits per heavy atom.